The topological polar surface area (TPSA) is 81.5 Å². The largest absolute Gasteiger partial charge is 0.451 e. The molecule has 7 nitrogen and oxygen atoms in total. The first-order valence-electron chi connectivity index (χ1n) is 8.48. The number of fused-ring (bicyclic) bond motifs is 1. The Hall–Kier alpha value is -3.19. The van der Waals surface area contributed by atoms with Crippen molar-refractivity contribution in [3.63, 3.8) is 0 Å². The number of ether oxygens (including phenoxy) is 1. The predicted octanol–water partition coefficient (Wildman–Crippen LogP) is 2.40. The maximum absolute atomic E-state index is 12.5. The SMILES string of the molecule is CN(Cc1cccc(Cl)c1)C(=O)COC(=O)c1nn(C)c(=O)c2ccccc12. The fourth-order valence-corrected chi connectivity index (χ4v) is 2.97. The average Bonchev–Trinajstić information content (AvgIpc) is 2.68. The number of esters is 1. The Morgan fingerprint density at radius 1 is 1.14 bits per heavy atom. The number of carbonyl (C=O) groups excluding carboxylic acids is 2. The summed E-state index contributed by atoms with van der Waals surface area (Å²) >= 11 is 5.95. The van der Waals surface area contributed by atoms with Gasteiger partial charge < -0.3 is 9.64 Å². The molecule has 1 heterocycles. The molecule has 0 aliphatic rings. The molecule has 3 rings (SSSR count). The third-order valence-corrected chi connectivity index (χ3v) is 4.45. The Kier molecular flexibility index (Phi) is 5.75. The molecule has 0 saturated carbocycles. The molecule has 3 aromatic rings. The molecule has 8 heteroatoms. The molecule has 1 amide bonds. The maximum atomic E-state index is 12.5. The minimum atomic E-state index is -0.767. The molecule has 0 unspecified atom stereocenters. The second-order valence-corrected chi connectivity index (χ2v) is 6.72. The van der Waals surface area contributed by atoms with E-state index in [1.54, 1.807) is 49.5 Å². The van der Waals surface area contributed by atoms with Crippen molar-refractivity contribution in [2.24, 2.45) is 7.05 Å². The molecular formula is C20H18ClN3O4. The van der Waals surface area contributed by atoms with Crippen molar-refractivity contribution in [2.75, 3.05) is 13.7 Å². The van der Waals surface area contributed by atoms with Gasteiger partial charge in [-0.3, -0.25) is 9.59 Å². The second kappa shape index (κ2) is 8.22. The molecule has 1 aromatic heterocycles. The van der Waals surface area contributed by atoms with E-state index in [2.05, 4.69) is 5.10 Å². The van der Waals surface area contributed by atoms with E-state index in [-0.39, 0.29) is 17.2 Å². The van der Waals surface area contributed by atoms with E-state index < -0.39 is 12.6 Å². The summed E-state index contributed by atoms with van der Waals surface area (Å²) in [5, 5.41) is 5.31. The van der Waals surface area contributed by atoms with E-state index in [0.717, 1.165) is 10.2 Å². The average molecular weight is 400 g/mol. The van der Waals surface area contributed by atoms with Crippen molar-refractivity contribution in [3.8, 4) is 0 Å². The lowest BCUT2D eigenvalue weighted by molar-refractivity contribution is -0.133. The molecule has 144 valence electrons. The summed E-state index contributed by atoms with van der Waals surface area (Å²) in [6.07, 6.45) is 0. The highest BCUT2D eigenvalue weighted by atomic mass is 35.5. The first-order valence-corrected chi connectivity index (χ1v) is 8.86. The van der Waals surface area contributed by atoms with E-state index in [1.807, 2.05) is 6.07 Å². The van der Waals surface area contributed by atoms with Crippen LogP contribution in [0, 0.1) is 0 Å². The van der Waals surface area contributed by atoms with Crippen molar-refractivity contribution >= 4 is 34.2 Å². The van der Waals surface area contributed by atoms with Gasteiger partial charge in [-0.05, 0) is 23.8 Å². The van der Waals surface area contributed by atoms with Crippen LogP contribution in [0.1, 0.15) is 16.1 Å². The van der Waals surface area contributed by atoms with Crippen molar-refractivity contribution < 1.29 is 14.3 Å². The van der Waals surface area contributed by atoms with Gasteiger partial charge in [0.05, 0.1) is 5.39 Å². The number of nitrogens with zero attached hydrogens (tertiary/aromatic N) is 3. The zero-order chi connectivity index (χ0) is 20.3. The third-order valence-electron chi connectivity index (χ3n) is 4.21. The van der Waals surface area contributed by atoms with E-state index in [0.29, 0.717) is 22.3 Å². The third kappa shape index (κ3) is 4.20. The number of aromatic nitrogens is 2. The molecule has 0 N–H and O–H groups in total. The quantitative estimate of drug-likeness (QED) is 0.615. The van der Waals surface area contributed by atoms with Crippen LogP contribution < -0.4 is 5.56 Å². The van der Waals surface area contributed by atoms with E-state index >= 15 is 0 Å². The van der Waals surface area contributed by atoms with Crippen LogP contribution in [0.2, 0.25) is 5.02 Å². The van der Waals surface area contributed by atoms with Gasteiger partial charge in [0, 0.05) is 31.0 Å². The van der Waals surface area contributed by atoms with Crippen molar-refractivity contribution in [2.45, 2.75) is 6.54 Å². The van der Waals surface area contributed by atoms with Gasteiger partial charge in [-0.25, -0.2) is 9.48 Å². The standard InChI is InChI=1S/C20H18ClN3O4/c1-23(11-13-6-5-7-14(21)10-13)17(25)12-28-20(27)18-15-8-3-4-9-16(15)19(26)24(2)22-18/h3-10H,11-12H2,1-2H3. The number of carbonyl (C=O) groups is 2. The maximum Gasteiger partial charge on any atom is 0.359 e. The Morgan fingerprint density at radius 2 is 1.86 bits per heavy atom. The van der Waals surface area contributed by atoms with Gasteiger partial charge in [0.25, 0.3) is 11.5 Å². The summed E-state index contributed by atoms with van der Waals surface area (Å²) in [6, 6.07) is 13.8. The van der Waals surface area contributed by atoms with Crippen LogP contribution in [-0.2, 0) is 23.1 Å². The molecule has 0 aliphatic heterocycles. The van der Waals surface area contributed by atoms with Crippen molar-refractivity contribution in [1.29, 1.82) is 0 Å². The van der Waals surface area contributed by atoms with Gasteiger partial charge in [0.2, 0.25) is 0 Å². The number of benzene rings is 2. The Balaban J connectivity index is 1.70. The monoisotopic (exact) mass is 399 g/mol. The van der Waals surface area contributed by atoms with Gasteiger partial charge in [-0.2, -0.15) is 5.10 Å². The minimum Gasteiger partial charge on any atom is -0.451 e. The summed E-state index contributed by atoms with van der Waals surface area (Å²) in [6.45, 7) is -0.104. The highest BCUT2D eigenvalue weighted by Gasteiger charge is 2.19. The Labute approximate surface area is 166 Å². The number of likely N-dealkylation sites (N-methyl/N-ethyl adjacent to an activating group) is 1. The highest BCUT2D eigenvalue weighted by Crippen LogP contribution is 2.15. The molecule has 0 bridgehead atoms. The smallest absolute Gasteiger partial charge is 0.359 e. The summed E-state index contributed by atoms with van der Waals surface area (Å²) in [5.41, 5.74) is 0.535. The predicted molar refractivity (Wildman–Crippen MR) is 105 cm³/mol. The van der Waals surface area contributed by atoms with Gasteiger partial charge >= 0.3 is 5.97 Å². The summed E-state index contributed by atoms with van der Waals surface area (Å²) in [5.74, 6) is -1.14. The van der Waals surface area contributed by atoms with E-state index in [9.17, 15) is 14.4 Å². The van der Waals surface area contributed by atoms with Crippen LogP contribution in [0.25, 0.3) is 10.8 Å². The highest BCUT2D eigenvalue weighted by molar-refractivity contribution is 6.30. The molecule has 28 heavy (non-hydrogen) atoms. The van der Waals surface area contributed by atoms with Gasteiger partial charge in [0.1, 0.15) is 0 Å². The van der Waals surface area contributed by atoms with Crippen LogP contribution in [0.15, 0.2) is 53.3 Å². The zero-order valence-corrected chi connectivity index (χ0v) is 16.1. The molecule has 0 spiro atoms. The molecule has 2 aromatic carbocycles. The molecule has 0 atom stereocenters. The first-order chi connectivity index (χ1) is 13.4. The fourth-order valence-electron chi connectivity index (χ4n) is 2.75. The minimum absolute atomic E-state index is 0.0111. The van der Waals surface area contributed by atoms with Crippen LogP contribution in [-0.4, -0.2) is 40.2 Å². The number of rotatable bonds is 5. The lowest BCUT2D eigenvalue weighted by Crippen LogP contribution is -2.31. The van der Waals surface area contributed by atoms with Crippen LogP contribution in [0.4, 0.5) is 0 Å². The van der Waals surface area contributed by atoms with E-state index in [4.69, 9.17) is 16.3 Å². The summed E-state index contributed by atoms with van der Waals surface area (Å²) in [4.78, 5) is 38.3. The number of hydrogen-bond donors (Lipinski definition) is 0. The molecule has 0 radical (unpaired) electrons. The summed E-state index contributed by atoms with van der Waals surface area (Å²) in [7, 11) is 3.06. The number of halogens is 1. The fraction of sp³-hybridized carbons (Fsp3) is 0.200. The van der Waals surface area contributed by atoms with Gasteiger partial charge in [-0.1, -0.05) is 41.9 Å². The lowest BCUT2D eigenvalue weighted by atomic mass is 10.1. The Bertz CT molecular complexity index is 1110. The van der Waals surface area contributed by atoms with Crippen LogP contribution in [0.5, 0.6) is 0 Å². The molecule has 0 saturated heterocycles. The molecule has 0 fully saturated rings. The lowest BCUT2D eigenvalue weighted by Gasteiger charge is -2.17. The zero-order valence-electron chi connectivity index (χ0n) is 15.4. The first kappa shape index (κ1) is 19.6. The number of hydrogen-bond acceptors (Lipinski definition) is 5. The van der Waals surface area contributed by atoms with Gasteiger partial charge in [0.15, 0.2) is 12.3 Å². The molecular weight excluding hydrogens is 382 g/mol. The Morgan fingerprint density at radius 3 is 2.57 bits per heavy atom. The van der Waals surface area contributed by atoms with E-state index in [1.165, 1.54) is 11.9 Å². The van der Waals surface area contributed by atoms with Gasteiger partial charge in [-0.15, -0.1) is 0 Å². The summed E-state index contributed by atoms with van der Waals surface area (Å²) < 4.78 is 6.22. The normalized spacial score (nSPS) is 10.7. The molecule has 0 aliphatic carbocycles. The van der Waals surface area contributed by atoms with Crippen molar-refractivity contribution in [1.82, 2.24) is 14.7 Å². The number of amides is 1. The van der Waals surface area contributed by atoms with Crippen molar-refractivity contribution in [3.05, 3.63) is 75.2 Å². The van der Waals surface area contributed by atoms with Crippen LogP contribution >= 0.6 is 11.6 Å². The number of aryl methyl sites for hydroxylation is 1. The van der Waals surface area contributed by atoms with Crippen LogP contribution in [0.3, 0.4) is 0 Å². The second-order valence-electron chi connectivity index (χ2n) is 6.28.